The molecule has 0 saturated carbocycles. The molecule has 0 N–H and O–H groups in total. The van der Waals surface area contributed by atoms with E-state index in [4.69, 9.17) is 14.2 Å². The summed E-state index contributed by atoms with van der Waals surface area (Å²) in [7, 11) is 4.15. The number of carbonyl (C=O) groups excluding carboxylic acids is 5. The van der Waals surface area contributed by atoms with Crippen molar-refractivity contribution in [1.29, 1.82) is 0 Å². The lowest BCUT2D eigenvalue weighted by atomic mass is 9.78. The smallest absolute Gasteiger partial charge is 0.342 e. The van der Waals surface area contributed by atoms with Gasteiger partial charge in [0.15, 0.2) is 17.3 Å². The van der Waals surface area contributed by atoms with Gasteiger partial charge in [0.05, 0.1) is 21.3 Å². The van der Waals surface area contributed by atoms with Gasteiger partial charge in [-0.3, -0.25) is 19.2 Å². The Labute approximate surface area is 256 Å². The monoisotopic (exact) mass is 600 g/mol. The predicted molar refractivity (Wildman–Crippen MR) is 162 cm³/mol. The van der Waals surface area contributed by atoms with E-state index in [0.717, 1.165) is 0 Å². The van der Waals surface area contributed by atoms with Crippen molar-refractivity contribution in [2.24, 2.45) is 0 Å². The molecule has 9 heteroatoms. The van der Waals surface area contributed by atoms with Crippen LogP contribution in [0.3, 0.4) is 0 Å². The maximum atomic E-state index is 14.1. The second kappa shape index (κ2) is 13.2. The Morgan fingerprint density at radius 1 is 0.727 bits per heavy atom. The van der Waals surface area contributed by atoms with E-state index in [2.05, 4.69) is 4.74 Å². The fourth-order valence-corrected chi connectivity index (χ4v) is 5.37. The van der Waals surface area contributed by atoms with Crippen LogP contribution in [0.5, 0.6) is 11.5 Å². The Bertz CT molecular complexity index is 1640. The number of carbonyl (C=O) groups is 5. The van der Waals surface area contributed by atoms with Gasteiger partial charge in [-0.25, -0.2) is 4.79 Å². The normalized spacial score (nSPS) is 12.2. The molecule has 230 valence electrons. The van der Waals surface area contributed by atoms with Crippen molar-refractivity contribution in [3.8, 4) is 11.5 Å². The first-order valence-corrected chi connectivity index (χ1v) is 14.3. The molecular weight excluding hydrogens is 564 g/mol. The summed E-state index contributed by atoms with van der Waals surface area (Å²) in [6.07, 6.45) is 1.16. The highest BCUT2D eigenvalue weighted by molar-refractivity contribution is 6.29. The number of rotatable bonds is 11. The summed E-state index contributed by atoms with van der Waals surface area (Å²) in [6, 6.07) is 12.9. The molecule has 0 atom stereocenters. The molecule has 0 spiro atoms. The van der Waals surface area contributed by atoms with Crippen molar-refractivity contribution >= 4 is 29.3 Å². The maximum absolute atomic E-state index is 14.1. The van der Waals surface area contributed by atoms with Crippen molar-refractivity contribution in [3.63, 3.8) is 0 Å². The summed E-state index contributed by atoms with van der Waals surface area (Å²) in [4.78, 5) is 66.6. The second-order valence-corrected chi connectivity index (χ2v) is 11.4. The van der Waals surface area contributed by atoms with Crippen LogP contribution in [0, 0.1) is 0 Å². The van der Waals surface area contributed by atoms with Crippen LogP contribution < -0.4 is 9.47 Å². The zero-order valence-corrected chi connectivity index (χ0v) is 25.8. The molecule has 0 radical (unpaired) electrons. The number of hydrogen-bond donors (Lipinski definition) is 0. The van der Waals surface area contributed by atoms with E-state index in [1.165, 1.54) is 27.4 Å². The minimum absolute atomic E-state index is 0.0101. The molecule has 1 aliphatic carbocycles. The van der Waals surface area contributed by atoms with Gasteiger partial charge in [-0.1, -0.05) is 36.4 Å². The Balaban J connectivity index is 1.91. The largest absolute Gasteiger partial charge is 0.496 e. The highest BCUT2D eigenvalue weighted by Crippen LogP contribution is 2.39. The number of ketones is 3. The number of esters is 2. The van der Waals surface area contributed by atoms with E-state index >= 15 is 0 Å². The average molecular weight is 601 g/mol. The maximum Gasteiger partial charge on any atom is 0.342 e. The summed E-state index contributed by atoms with van der Waals surface area (Å²) < 4.78 is 21.7. The lowest BCUT2D eigenvalue weighted by Crippen LogP contribution is -2.28. The fraction of sp³-hybridized carbons (Fsp3) is 0.343. The standard InChI is InChI=1S/C35H36O9/c1-35(2,3)44-34(40)31-24(30-25(19-28(31)42-5)32(38)21-12-7-8-13-22(21)33(30)39)18-23-20(14-11-16-27(23)41-4)26(36)15-9-10-17-29(37)43-6/h7-8,11-14,16,19H,9-10,15,17-18H2,1-6H3. The Kier molecular flexibility index (Phi) is 9.67. The molecule has 0 bridgehead atoms. The minimum atomic E-state index is -0.878. The van der Waals surface area contributed by atoms with Gasteiger partial charge in [0.2, 0.25) is 0 Å². The van der Waals surface area contributed by atoms with E-state index in [0.29, 0.717) is 29.7 Å². The number of benzene rings is 3. The van der Waals surface area contributed by atoms with Gasteiger partial charge >= 0.3 is 11.9 Å². The van der Waals surface area contributed by atoms with E-state index < -0.39 is 17.4 Å². The summed E-state index contributed by atoms with van der Waals surface area (Å²) in [5, 5.41) is 0. The lowest BCUT2D eigenvalue weighted by molar-refractivity contribution is -0.140. The molecule has 0 heterocycles. The quantitative estimate of drug-likeness (QED) is 0.117. The average Bonchev–Trinajstić information content (AvgIpc) is 3.00. The first-order valence-electron chi connectivity index (χ1n) is 14.3. The Morgan fingerprint density at radius 2 is 1.36 bits per heavy atom. The number of ether oxygens (including phenoxy) is 4. The zero-order valence-electron chi connectivity index (χ0n) is 25.8. The van der Waals surface area contributed by atoms with Crippen LogP contribution in [0.2, 0.25) is 0 Å². The number of unbranched alkanes of at least 4 members (excludes halogenated alkanes) is 1. The molecule has 0 amide bonds. The molecule has 3 aromatic rings. The molecule has 0 fully saturated rings. The number of fused-ring (bicyclic) bond motifs is 2. The third-order valence-electron chi connectivity index (χ3n) is 7.37. The lowest BCUT2D eigenvalue weighted by Gasteiger charge is -2.26. The van der Waals surface area contributed by atoms with Gasteiger partial charge in [-0.2, -0.15) is 0 Å². The fourth-order valence-electron chi connectivity index (χ4n) is 5.37. The van der Waals surface area contributed by atoms with E-state index in [9.17, 15) is 24.0 Å². The van der Waals surface area contributed by atoms with Crippen molar-refractivity contribution in [2.45, 2.75) is 58.5 Å². The summed E-state index contributed by atoms with van der Waals surface area (Å²) in [6.45, 7) is 5.16. The van der Waals surface area contributed by atoms with Crippen molar-refractivity contribution in [1.82, 2.24) is 0 Å². The number of methoxy groups -OCH3 is 3. The van der Waals surface area contributed by atoms with E-state index in [-0.39, 0.29) is 75.9 Å². The predicted octanol–water partition coefficient (Wildman–Crippen LogP) is 5.94. The van der Waals surface area contributed by atoms with Crippen molar-refractivity contribution < 1.29 is 42.9 Å². The van der Waals surface area contributed by atoms with Crippen LogP contribution in [0.15, 0.2) is 48.5 Å². The first kappa shape index (κ1) is 32.1. The van der Waals surface area contributed by atoms with E-state index in [1.807, 2.05) is 0 Å². The molecule has 0 saturated heterocycles. The van der Waals surface area contributed by atoms with Gasteiger partial charge in [0.1, 0.15) is 22.7 Å². The highest BCUT2D eigenvalue weighted by atomic mass is 16.6. The molecule has 0 aliphatic heterocycles. The number of hydrogen-bond acceptors (Lipinski definition) is 9. The zero-order chi connectivity index (χ0) is 32.2. The van der Waals surface area contributed by atoms with Gasteiger partial charge in [-0.15, -0.1) is 0 Å². The third kappa shape index (κ3) is 6.56. The molecule has 0 unspecified atom stereocenters. The Morgan fingerprint density at radius 3 is 1.98 bits per heavy atom. The van der Waals surface area contributed by atoms with E-state index in [1.54, 1.807) is 63.2 Å². The minimum Gasteiger partial charge on any atom is -0.496 e. The molecule has 4 rings (SSSR count). The SMILES string of the molecule is COC(=O)CCCCC(=O)c1cccc(OC)c1Cc1c(C(=O)OC(C)(C)C)c(OC)cc2c1C(=O)c1ccccc1C2=O. The number of Topliss-reactive ketones (excluding diaryl/α,β-unsaturated/α-hetero) is 1. The van der Waals surface area contributed by atoms with Crippen molar-refractivity contribution in [2.75, 3.05) is 21.3 Å². The summed E-state index contributed by atoms with van der Waals surface area (Å²) in [5.74, 6) is -1.66. The van der Waals surface area contributed by atoms with Gasteiger partial charge in [0, 0.05) is 52.6 Å². The van der Waals surface area contributed by atoms with Gasteiger partial charge in [0.25, 0.3) is 0 Å². The summed E-state index contributed by atoms with van der Waals surface area (Å²) >= 11 is 0. The van der Waals surface area contributed by atoms with Crippen LogP contribution in [-0.4, -0.2) is 56.2 Å². The van der Waals surface area contributed by atoms with Crippen LogP contribution in [-0.2, 0) is 20.7 Å². The first-order chi connectivity index (χ1) is 20.9. The summed E-state index contributed by atoms with van der Waals surface area (Å²) in [5.41, 5.74) is 0.705. The molecule has 3 aromatic carbocycles. The van der Waals surface area contributed by atoms with Crippen LogP contribution in [0.1, 0.15) is 110 Å². The molecule has 0 aromatic heterocycles. The van der Waals surface area contributed by atoms with Gasteiger partial charge in [-0.05, 0) is 51.3 Å². The third-order valence-corrected chi connectivity index (χ3v) is 7.37. The second-order valence-electron chi connectivity index (χ2n) is 11.4. The van der Waals surface area contributed by atoms with Gasteiger partial charge < -0.3 is 18.9 Å². The van der Waals surface area contributed by atoms with Crippen LogP contribution >= 0.6 is 0 Å². The highest BCUT2D eigenvalue weighted by Gasteiger charge is 2.37. The Hall–Kier alpha value is -4.79. The molecule has 1 aliphatic rings. The molecule has 44 heavy (non-hydrogen) atoms. The van der Waals surface area contributed by atoms with Crippen LogP contribution in [0.4, 0.5) is 0 Å². The van der Waals surface area contributed by atoms with Crippen molar-refractivity contribution in [3.05, 3.63) is 93.0 Å². The van der Waals surface area contributed by atoms with Crippen LogP contribution in [0.25, 0.3) is 0 Å². The topological polar surface area (TPSA) is 122 Å². The molecular formula is C35H36O9. The molecule has 9 nitrogen and oxygen atoms in total.